The van der Waals surface area contributed by atoms with Crippen molar-refractivity contribution in [3.8, 4) is 0 Å². The van der Waals surface area contributed by atoms with Gasteiger partial charge in [-0.25, -0.2) is 4.68 Å². The second kappa shape index (κ2) is 2.86. The Labute approximate surface area is 72.2 Å². The van der Waals surface area contributed by atoms with E-state index in [0.29, 0.717) is 5.69 Å². The van der Waals surface area contributed by atoms with E-state index in [1.54, 1.807) is 17.8 Å². The quantitative estimate of drug-likeness (QED) is 0.684. The Morgan fingerprint density at radius 3 is 2.33 bits per heavy atom. The lowest BCUT2D eigenvalue weighted by Crippen LogP contribution is -2.22. The zero-order valence-electron chi connectivity index (χ0n) is 7.94. The molecule has 0 aromatic carbocycles. The maximum atomic E-state index is 9.19. The molecule has 4 heteroatoms. The second-order valence-electron chi connectivity index (χ2n) is 3.93. The highest BCUT2D eigenvalue weighted by molar-refractivity contribution is 4.97. The van der Waals surface area contributed by atoms with Crippen LogP contribution in [0.2, 0.25) is 0 Å². The first-order valence-corrected chi connectivity index (χ1v) is 4.02. The molecule has 0 aliphatic carbocycles. The standard InChI is InChI=1S/C8H15N3O/c1-6(12)7-5-11(10-9-7)8(2,3)4/h5-6,12H,1-4H3. The third kappa shape index (κ3) is 1.82. The number of nitrogens with zero attached hydrogens (tertiary/aromatic N) is 3. The van der Waals surface area contributed by atoms with Gasteiger partial charge in [-0.2, -0.15) is 0 Å². The Balaban J connectivity index is 2.92. The lowest BCUT2D eigenvalue weighted by atomic mass is 10.1. The highest BCUT2D eigenvalue weighted by Gasteiger charge is 2.16. The van der Waals surface area contributed by atoms with Crippen molar-refractivity contribution in [3.05, 3.63) is 11.9 Å². The zero-order valence-corrected chi connectivity index (χ0v) is 7.94. The molecule has 12 heavy (non-hydrogen) atoms. The van der Waals surface area contributed by atoms with Crippen molar-refractivity contribution in [2.24, 2.45) is 0 Å². The summed E-state index contributed by atoms with van der Waals surface area (Å²) in [6, 6.07) is 0. The van der Waals surface area contributed by atoms with E-state index in [9.17, 15) is 5.11 Å². The first-order valence-electron chi connectivity index (χ1n) is 4.02. The number of aromatic nitrogens is 3. The summed E-state index contributed by atoms with van der Waals surface area (Å²) in [5.41, 5.74) is 0.546. The smallest absolute Gasteiger partial charge is 0.111 e. The fourth-order valence-corrected chi connectivity index (χ4v) is 0.796. The minimum Gasteiger partial charge on any atom is -0.387 e. The lowest BCUT2D eigenvalue weighted by Gasteiger charge is -2.17. The van der Waals surface area contributed by atoms with Crippen LogP contribution >= 0.6 is 0 Å². The van der Waals surface area contributed by atoms with Gasteiger partial charge in [0.2, 0.25) is 0 Å². The molecule has 0 saturated carbocycles. The summed E-state index contributed by atoms with van der Waals surface area (Å²) >= 11 is 0. The lowest BCUT2D eigenvalue weighted by molar-refractivity contribution is 0.194. The Morgan fingerprint density at radius 2 is 2.08 bits per heavy atom. The molecule has 0 bridgehead atoms. The number of aliphatic hydroxyl groups excluding tert-OH is 1. The van der Waals surface area contributed by atoms with Gasteiger partial charge in [0.1, 0.15) is 5.69 Å². The van der Waals surface area contributed by atoms with Crippen molar-refractivity contribution in [2.75, 3.05) is 0 Å². The van der Waals surface area contributed by atoms with Crippen LogP contribution in [0.5, 0.6) is 0 Å². The highest BCUT2D eigenvalue weighted by Crippen LogP contribution is 2.14. The van der Waals surface area contributed by atoms with Gasteiger partial charge in [-0.1, -0.05) is 5.21 Å². The monoisotopic (exact) mass is 169 g/mol. The molecular weight excluding hydrogens is 154 g/mol. The molecule has 68 valence electrons. The van der Waals surface area contributed by atoms with Crippen LogP contribution in [-0.2, 0) is 5.54 Å². The number of aliphatic hydroxyl groups is 1. The third-order valence-corrected chi connectivity index (χ3v) is 1.63. The summed E-state index contributed by atoms with van der Waals surface area (Å²) in [6.45, 7) is 7.78. The first-order chi connectivity index (χ1) is 5.41. The zero-order chi connectivity index (χ0) is 9.35. The predicted molar refractivity (Wildman–Crippen MR) is 45.7 cm³/mol. The van der Waals surface area contributed by atoms with Crippen molar-refractivity contribution in [1.82, 2.24) is 15.0 Å². The molecule has 0 spiro atoms. The van der Waals surface area contributed by atoms with E-state index in [1.165, 1.54) is 0 Å². The molecule has 0 fully saturated rings. The number of hydrogen-bond donors (Lipinski definition) is 1. The number of hydrogen-bond acceptors (Lipinski definition) is 3. The highest BCUT2D eigenvalue weighted by atomic mass is 16.3. The summed E-state index contributed by atoms with van der Waals surface area (Å²) in [5, 5.41) is 16.9. The van der Waals surface area contributed by atoms with Crippen molar-refractivity contribution in [2.45, 2.75) is 39.3 Å². The van der Waals surface area contributed by atoms with Crippen LogP contribution in [0.1, 0.15) is 39.5 Å². The van der Waals surface area contributed by atoms with Crippen LogP contribution < -0.4 is 0 Å². The van der Waals surface area contributed by atoms with E-state index in [0.717, 1.165) is 0 Å². The molecule has 0 amide bonds. The summed E-state index contributed by atoms with van der Waals surface area (Å²) in [4.78, 5) is 0. The molecule has 0 aliphatic heterocycles. The van der Waals surface area contributed by atoms with Gasteiger partial charge >= 0.3 is 0 Å². The van der Waals surface area contributed by atoms with E-state index in [2.05, 4.69) is 10.3 Å². The summed E-state index contributed by atoms with van der Waals surface area (Å²) < 4.78 is 1.75. The summed E-state index contributed by atoms with van der Waals surface area (Å²) in [7, 11) is 0. The van der Waals surface area contributed by atoms with E-state index < -0.39 is 6.10 Å². The molecule has 1 N–H and O–H groups in total. The first kappa shape index (κ1) is 9.19. The van der Waals surface area contributed by atoms with Crippen LogP contribution in [0.4, 0.5) is 0 Å². The topological polar surface area (TPSA) is 50.9 Å². The van der Waals surface area contributed by atoms with Crippen LogP contribution in [0.15, 0.2) is 6.20 Å². The van der Waals surface area contributed by atoms with Gasteiger partial charge in [-0.3, -0.25) is 0 Å². The fourth-order valence-electron chi connectivity index (χ4n) is 0.796. The molecule has 0 aliphatic rings. The van der Waals surface area contributed by atoms with Crippen molar-refractivity contribution in [3.63, 3.8) is 0 Å². The van der Waals surface area contributed by atoms with Crippen molar-refractivity contribution in [1.29, 1.82) is 0 Å². The molecule has 1 unspecified atom stereocenters. The molecule has 1 aromatic rings. The Bertz CT molecular complexity index is 260. The van der Waals surface area contributed by atoms with E-state index in [-0.39, 0.29) is 5.54 Å². The largest absolute Gasteiger partial charge is 0.387 e. The van der Waals surface area contributed by atoms with Crippen molar-refractivity contribution < 1.29 is 5.11 Å². The van der Waals surface area contributed by atoms with Gasteiger partial charge in [0.25, 0.3) is 0 Å². The van der Waals surface area contributed by atoms with Gasteiger partial charge in [0.05, 0.1) is 17.8 Å². The minimum atomic E-state index is -0.541. The Kier molecular flexibility index (Phi) is 2.19. The minimum absolute atomic E-state index is 0.0693. The van der Waals surface area contributed by atoms with E-state index >= 15 is 0 Å². The Hall–Kier alpha value is -0.900. The molecule has 1 atom stereocenters. The molecule has 4 nitrogen and oxygen atoms in total. The molecular formula is C8H15N3O. The van der Waals surface area contributed by atoms with E-state index in [1.807, 2.05) is 20.8 Å². The molecule has 0 radical (unpaired) electrons. The second-order valence-corrected chi connectivity index (χ2v) is 3.93. The fraction of sp³-hybridized carbons (Fsp3) is 0.750. The summed E-state index contributed by atoms with van der Waals surface area (Å²) in [6.07, 6.45) is 1.23. The normalized spacial score (nSPS) is 14.8. The summed E-state index contributed by atoms with van der Waals surface area (Å²) in [5.74, 6) is 0. The average Bonchev–Trinajstić information content (AvgIpc) is 2.30. The molecule has 1 heterocycles. The average molecular weight is 169 g/mol. The maximum Gasteiger partial charge on any atom is 0.111 e. The van der Waals surface area contributed by atoms with Gasteiger partial charge in [0.15, 0.2) is 0 Å². The van der Waals surface area contributed by atoms with Gasteiger partial charge in [-0.15, -0.1) is 5.10 Å². The van der Waals surface area contributed by atoms with Crippen LogP contribution in [0.3, 0.4) is 0 Å². The third-order valence-electron chi connectivity index (χ3n) is 1.63. The SMILES string of the molecule is CC(O)c1cn(C(C)(C)C)nn1. The van der Waals surface area contributed by atoms with Crippen LogP contribution in [0.25, 0.3) is 0 Å². The Morgan fingerprint density at radius 1 is 1.50 bits per heavy atom. The predicted octanol–water partition coefficient (Wildman–Crippen LogP) is 1.09. The van der Waals surface area contributed by atoms with E-state index in [4.69, 9.17) is 0 Å². The molecule has 0 saturated heterocycles. The molecule has 1 aromatic heterocycles. The van der Waals surface area contributed by atoms with Crippen LogP contribution in [0, 0.1) is 0 Å². The van der Waals surface area contributed by atoms with Gasteiger partial charge < -0.3 is 5.11 Å². The number of rotatable bonds is 1. The van der Waals surface area contributed by atoms with Crippen LogP contribution in [-0.4, -0.2) is 20.1 Å². The van der Waals surface area contributed by atoms with Gasteiger partial charge in [-0.05, 0) is 27.7 Å². The van der Waals surface area contributed by atoms with Crippen molar-refractivity contribution >= 4 is 0 Å². The maximum absolute atomic E-state index is 9.19. The molecule has 1 rings (SSSR count). The van der Waals surface area contributed by atoms with Gasteiger partial charge in [0, 0.05) is 0 Å².